The molecule has 0 aliphatic heterocycles. The molecule has 3 saturated carbocycles. The van der Waals surface area contributed by atoms with E-state index in [2.05, 4.69) is 25.2 Å². The van der Waals surface area contributed by atoms with Gasteiger partial charge in [0.1, 0.15) is 0 Å². The van der Waals surface area contributed by atoms with Crippen molar-refractivity contribution in [2.24, 2.45) is 16.7 Å². The number of hydrogen-bond acceptors (Lipinski definition) is 3. The maximum Gasteiger partial charge on any atom is 0.0602 e. The minimum atomic E-state index is -2.96. The second-order valence-electron chi connectivity index (χ2n) is 10.7. The summed E-state index contributed by atoms with van der Waals surface area (Å²) < 4.78 is 45.8. The summed E-state index contributed by atoms with van der Waals surface area (Å²) in [7, 11) is 0. The first-order chi connectivity index (χ1) is 16.6. The highest BCUT2D eigenvalue weighted by molar-refractivity contribution is 5.39. The summed E-state index contributed by atoms with van der Waals surface area (Å²) in [6.45, 7) is -3.56. The lowest BCUT2D eigenvalue weighted by Crippen LogP contribution is -2.33. The van der Waals surface area contributed by atoms with Crippen molar-refractivity contribution in [3.05, 3.63) is 34.9 Å². The zero-order chi connectivity index (χ0) is 26.6. The third kappa shape index (κ3) is 4.64. The van der Waals surface area contributed by atoms with E-state index in [4.69, 9.17) is 8.22 Å². The Kier molecular flexibility index (Phi) is 4.34. The molecule has 4 atom stereocenters. The number of aliphatic hydroxyl groups excluding tert-OH is 2. The smallest absolute Gasteiger partial charge is 0.0602 e. The summed E-state index contributed by atoms with van der Waals surface area (Å²) in [5.41, 5.74) is 1.32. The second-order valence-corrected chi connectivity index (χ2v) is 10.7. The molecule has 3 fully saturated rings. The van der Waals surface area contributed by atoms with Gasteiger partial charge in [-0.2, -0.15) is 0 Å². The van der Waals surface area contributed by atoms with Crippen LogP contribution in [0, 0.1) is 16.7 Å². The molecule has 4 rings (SSSR count). The number of rotatable bonds is 6. The van der Waals surface area contributed by atoms with E-state index < -0.39 is 31.5 Å². The lowest BCUT2D eigenvalue weighted by Gasteiger charge is -2.43. The van der Waals surface area contributed by atoms with E-state index in [0.717, 1.165) is 44.1 Å². The molecule has 0 saturated heterocycles. The Labute approximate surface area is 191 Å². The predicted molar refractivity (Wildman–Crippen MR) is 122 cm³/mol. The molecule has 0 amide bonds. The molecular weight excluding hydrogens is 372 g/mol. The van der Waals surface area contributed by atoms with Crippen LogP contribution in [0.4, 0.5) is 0 Å². The van der Waals surface area contributed by atoms with Gasteiger partial charge in [-0.25, -0.2) is 0 Å². The second kappa shape index (κ2) is 8.22. The van der Waals surface area contributed by atoms with Crippen LogP contribution in [0.2, 0.25) is 0 Å². The molecule has 0 spiro atoms. The first kappa shape index (κ1) is 15.8. The number of fused-ring (bicyclic) bond motifs is 1. The van der Waals surface area contributed by atoms with E-state index in [1.165, 1.54) is 11.1 Å². The molecule has 30 heavy (non-hydrogen) atoms. The van der Waals surface area contributed by atoms with Crippen molar-refractivity contribution in [3.8, 4) is 0 Å². The molecular formula is C27H42O3. The summed E-state index contributed by atoms with van der Waals surface area (Å²) in [6.07, 6.45) is 14.5. The highest BCUT2D eigenvalue weighted by Gasteiger charge is 2.56. The maximum atomic E-state index is 10.7. The molecule has 0 heterocycles. The van der Waals surface area contributed by atoms with Crippen molar-refractivity contribution in [3.63, 3.8) is 0 Å². The van der Waals surface area contributed by atoms with Crippen LogP contribution in [0.3, 0.4) is 0 Å². The van der Waals surface area contributed by atoms with Crippen molar-refractivity contribution >= 4 is 0 Å². The largest absolute Gasteiger partial charge is 0.393 e. The van der Waals surface area contributed by atoms with Crippen LogP contribution in [-0.4, -0.2) is 33.1 Å². The molecule has 3 nitrogen and oxygen atoms in total. The van der Waals surface area contributed by atoms with E-state index in [-0.39, 0.29) is 17.3 Å². The van der Waals surface area contributed by atoms with Crippen LogP contribution in [0.5, 0.6) is 0 Å². The number of aliphatic hydroxyl groups is 3. The molecule has 4 aliphatic carbocycles. The van der Waals surface area contributed by atoms with Crippen molar-refractivity contribution < 1.29 is 23.5 Å². The fourth-order valence-electron chi connectivity index (χ4n) is 6.66. The average Bonchev–Trinajstić information content (AvgIpc) is 3.42. The van der Waals surface area contributed by atoms with Gasteiger partial charge in [0.05, 0.1) is 17.8 Å². The maximum absolute atomic E-state index is 10.7. The van der Waals surface area contributed by atoms with Crippen LogP contribution >= 0.6 is 0 Å². The van der Waals surface area contributed by atoms with E-state index in [9.17, 15) is 15.3 Å². The Balaban J connectivity index is 1.46. The third-order valence-corrected chi connectivity index (χ3v) is 8.24. The number of allylic oxidation sites excluding steroid dienone is 5. The van der Waals surface area contributed by atoms with Crippen LogP contribution < -0.4 is 0 Å². The Hall–Kier alpha value is -0.900. The molecule has 168 valence electrons. The van der Waals surface area contributed by atoms with Crippen molar-refractivity contribution in [2.75, 3.05) is 0 Å². The topological polar surface area (TPSA) is 60.7 Å². The molecule has 3 N–H and O–H groups in total. The van der Waals surface area contributed by atoms with Gasteiger partial charge in [0, 0.05) is 8.22 Å². The monoisotopic (exact) mass is 420 g/mol. The van der Waals surface area contributed by atoms with Gasteiger partial charge in [-0.15, -0.1) is 0 Å². The standard InChI is InChI=1S/C27H42O3/c1-25(2,30)11-5-13-27(14-15-27)24-10-9-23-20(6-4-12-26(23,24)3)8-7-19-16-21(28)18-22(29)17-19/h7-8,10,21-23,28-30H,4-6,9,11-18H2,1-3H3/b19-7?,20-8+/t21-,22?,23?,26+/m1/s1/i1D3,2D3. The predicted octanol–water partition coefficient (Wildman–Crippen LogP) is 5.60. The first-order valence-corrected chi connectivity index (χ1v) is 11.8. The Bertz CT molecular complexity index is 901. The highest BCUT2D eigenvalue weighted by atomic mass is 16.3. The summed E-state index contributed by atoms with van der Waals surface area (Å²) in [6, 6.07) is 0. The van der Waals surface area contributed by atoms with Gasteiger partial charge in [0.2, 0.25) is 0 Å². The molecule has 2 unspecified atom stereocenters. The molecule has 4 aliphatic rings. The fraction of sp³-hybridized carbons (Fsp3) is 0.778. The number of hydrogen-bond donors (Lipinski definition) is 3. The lowest BCUT2D eigenvalue weighted by molar-refractivity contribution is 0.0608. The van der Waals surface area contributed by atoms with E-state index in [1.54, 1.807) is 0 Å². The van der Waals surface area contributed by atoms with Crippen LogP contribution in [-0.2, 0) is 0 Å². The molecule has 0 radical (unpaired) electrons. The Morgan fingerprint density at radius 2 is 1.90 bits per heavy atom. The van der Waals surface area contributed by atoms with Crippen molar-refractivity contribution in [1.29, 1.82) is 0 Å². The van der Waals surface area contributed by atoms with Gasteiger partial charge in [-0.3, -0.25) is 0 Å². The quantitative estimate of drug-likeness (QED) is 0.490. The van der Waals surface area contributed by atoms with E-state index >= 15 is 0 Å². The van der Waals surface area contributed by atoms with Gasteiger partial charge in [-0.1, -0.05) is 41.9 Å². The molecule has 0 bridgehead atoms. The minimum absolute atomic E-state index is 0.00754. The average molecular weight is 421 g/mol. The van der Waals surface area contributed by atoms with Crippen molar-refractivity contribution in [2.45, 2.75) is 115 Å². The van der Waals surface area contributed by atoms with Gasteiger partial charge >= 0.3 is 0 Å². The SMILES string of the molecule is [2H]C([2H])([2H])C(O)(CCCC1(C2=CCC3/C(=C/C=C4CC(O)C[C@H](O)C4)CCC[C@]23C)CC1)C([2H])([2H])[2H]. The molecule has 0 aromatic heterocycles. The Morgan fingerprint density at radius 3 is 2.57 bits per heavy atom. The van der Waals surface area contributed by atoms with Gasteiger partial charge in [-0.05, 0) is 108 Å². The third-order valence-electron chi connectivity index (χ3n) is 8.24. The molecule has 3 heteroatoms. The summed E-state index contributed by atoms with van der Waals surface area (Å²) in [5.74, 6) is 0.413. The summed E-state index contributed by atoms with van der Waals surface area (Å²) in [5, 5.41) is 30.7. The zero-order valence-electron chi connectivity index (χ0n) is 24.3. The summed E-state index contributed by atoms with van der Waals surface area (Å²) >= 11 is 0. The van der Waals surface area contributed by atoms with Gasteiger partial charge in [0.25, 0.3) is 0 Å². The van der Waals surface area contributed by atoms with Crippen LogP contribution in [0.25, 0.3) is 0 Å². The first-order valence-electron chi connectivity index (χ1n) is 14.8. The van der Waals surface area contributed by atoms with E-state index in [1.807, 2.05) is 0 Å². The Morgan fingerprint density at radius 1 is 1.17 bits per heavy atom. The fourth-order valence-corrected chi connectivity index (χ4v) is 6.66. The van der Waals surface area contributed by atoms with Gasteiger partial charge in [0.15, 0.2) is 0 Å². The minimum Gasteiger partial charge on any atom is -0.393 e. The molecule has 0 aromatic rings. The molecule has 0 aromatic carbocycles. The van der Waals surface area contributed by atoms with Crippen molar-refractivity contribution in [1.82, 2.24) is 0 Å². The van der Waals surface area contributed by atoms with E-state index in [0.29, 0.717) is 38.0 Å². The van der Waals surface area contributed by atoms with Crippen LogP contribution in [0.15, 0.2) is 34.9 Å². The van der Waals surface area contributed by atoms with Crippen LogP contribution in [0.1, 0.15) is 106 Å². The zero-order valence-corrected chi connectivity index (χ0v) is 18.3. The normalized spacial score (nSPS) is 42.4. The van der Waals surface area contributed by atoms with Gasteiger partial charge < -0.3 is 15.3 Å². The summed E-state index contributed by atoms with van der Waals surface area (Å²) in [4.78, 5) is 0. The lowest BCUT2D eigenvalue weighted by atomic mass is 9.61. The highest BCUT2D eigenvalue weighted by Crippen LogP contribution is 2.67.